The molecule has 0 aromatic heterocycles. The zero-order valence-corrected chi connectivity index (χ0v) is 15.6. The Hall–Kier alpha value is -3.93. The molecule has 6 heteroatoms. The predicted octanol–water partition coefficient (Wildman–Crippen LogP) is 2.63. The van der Waals surface area contributed by atoms with Crippen molar-refractivity contribution in [2.24, 2.45) is 5.16 Å². The lowest BCUT2D eigenvalue weighted by Crippen LogP contribution is -2.35. The van der Waals surface area contributed by atoms with Gasteiger partial charge in [0.15, 0.2) is 6.61 Å². The number of carbonyl (C=O) groups is 2. The molecule has 0 unspecified atom stereocenters. The van der Waals surface area contributed by atoms with Gasteiger partial charge in [0.1, 0.15) is 0 Å². The number of oxime groups is 1. The second-order valence-corrected chi connectivity index (χ2v) is 6.19. The van der Waals surface area contributed by atoms with Crippen molar-refractivity contribution in [3.63, 3.8) is 0 Å². The van der Waals surface area contributed by atoms with Gasteiger partial charge in [0.2, 0.25) is 0 Å². The number of hydrogen-bond donors (Lipinski definition) is 0. The van der Waals surface area contributed by atoms with E-state index in [1.165, 1.54) is 17.2 Å². The number of carboxylic acid groups (broad SMARTS) is 1. The number of benzene rings is 3. The fraction of sp³-hybridized carbons (Fsp3) is 0.0870. The molecule has 0 aliphatic rings. The largest absolute Gasteiger partial charge is 0.545 e. The molecule has 146 valence electrons. The van der Waals surface area contributed by atoms with Crippen molar-refractivity contribution < 1.29 is 19.5 Å². The summed E-state index contributed by atoms with van der Waals surface area (Å²) in [5.41, 5.74) is 1.87. The molecule has 0 fully saturated rings. The first kappa shape index (κ1) is 19.8. The van der Waals surface area contributed by atoms with E-state index in [4.69, 9.17) is 4.84 Å². The molecule has 3 rings (SSSR count). The van der Waals surface area contributed by atoms with Crippen molar-refractivity contribution in [2.45, 2.75) is 6.54 Å². The van der Waals surface area contributed by atoms with Crippen LogP contribution in [-0.4, -0.2) is 24.7 Å². The highest BCUT2D eigenvalue weighted by Gasteiger charge is 2.20. The van der Waals surface area contributed by atoms with Crippen LogP contribution in [0.15, 0.2) is 90.1 Å². The average molecular weight is 387 g/mol. The van der Waals surface area contributed by atoms with Crippen LogP contribution in [0.4, 0.5) is 5.69 Å². The van der Waals surface area contributed by atoms with Crippen molar-refractivity contribution in [1.82, 2.24) is 0 Å². The number of amides is 1. The molecule has 3 aromatic carbocycles. The summed E-state index contributed by atoms with van der Waals surface area (Å²) in [6.45, 7) is -0.146. The fourth-order valence-electron chi connectivity index (χ4n) is 2.76. The standard InChI is InChI=1S/C23H20N2O4/c26-22(17-29-24-15-18-9-3-1-4-10-18)25(16-19-11-5-2-6-12-19)21-14-8-7-13-20(21)23(27)28/h1-15H,16-17H2,(H,27,28)/p-1. The van der Waals surface area contributed by atoms with Gasteiger partial charge in [0, 0.05) is 5.56 Å². The Labute approximate surface area is 168 Å². The van der Waals surface area contributed by atoms with Gasteiger partial charge < -0.3 is 19.6 Å². The molecule has 0 aliphatic carbocycles. The fourth-order valence-corrected chi connectivity index (χ4v) is 2.76. The minimum atomic E-state index is -1.35. The third kappa shape index (κ3) is 5.52. The number of carbonyl (C=O) groups excluding carboxylic acids is 2. The van der Waals surface area contributed by atoms with Crippen molar-refractivity contribution in [3.8, 4) is 0 Å². The van der Waals surface area contributed by atoms with Crippen molar-refractivity contribution >= 4 is 23.8 Å². The highest BCUT2D eigenvalue weighted by molar-refractivity contribution is 6.01. The van der Waals surface area contributed by atoms with Crippen LogP contribution in [0, 0.1) is 0 Å². The molecule has 0 atom stereocenters. The van der Waals surface area contributed by atoms with Gasteiger partial charge in [-0.15, -0.1) is 0 Å². The van der Waals surface area contributed by atoms with E-state index in [0.29, 0.717) is 0 Å². The van der Waals surface area contributed by atoms with E-state index in [-0.39, 0.29) is 24.4 Å². The summed E-state index contributed by atoms with van der Waals surface area (Å²) < 4.78 is 0. The lowest BCUT2D eigenvalue weighted by Gasteiger charge is -2.25. The maximum Gasteiger partial charge on any atom is 0.268 e. The first-order chi connectivity index (χ1) is 14.1. The summed E-state index contributed by atoms with van der Waals surface area (Å²) in [5, 5.41) is 15.3. The number of hydrogen-bond acceptors (Lipinski definition) is 5. The molecule has 0 radical (unpaired) electrons. The van der Waals surface area contributed by atoms with E-state index in [9.17, 15) is 14.7 Å². The van der Waals surface area contributed by atoms with Crippen LogP contribution in [0.25, 0.3) is 0 Å². The van der Waals surface area contributed by atoms with E-state index in [0.717, 1.165) is 11.1 Å². The smallest absolute Gasteiger partial charge is 0.268 e. The lowest BCUT2D eigenvalue weighted by atomic mass is 10.1. The molecule has 0 aliphatic heterocycles. The van der Waals surface area contributed by atoms with Gasteiger partial charge in [0.25, 0.3) is 5.91 Å². The Morgan fingerprint density at radius 2 is 1.52 bits per heavy atom. The molecule has 3 aromatic rings. The van der Waals surface area contributed by atoms with E-state index < -0.39 is 11.9 Å². The molecular weight excluding hydrogens is 368 g/mol. The first-order valence-electron chi connectivity index (χ1n) is 9.00. The SMILES string of the molecule is O=C([O-])c1ccccc1N(Cc1ccccc1)C(=O)CON=Cc1ccccc1. The number of carboxylic acids is 1. The van der Waals surface area contributed by atoms with Crippen LogP contribution in [0.2, 0.25) is 0 Å². The van der Waals surface area contributed by atoms with Gasteiger partial charge in [-0.3, -0.25) is 4.79 Å². The summed E-state index contributed by atoms with van der Waals surface area (Å²) in [5.74, 6) is -1.78. The number of anilines is 1. The summed E-state index contributed by atoms with van der Waals surface area (Å²) in [7, 11) is 0. The average Bonchev–Trinajstić information content (AvgIpc) is 2.76. The summed E-state index contributed by atoms with van der Waals surface area (Å²) in [6.07, 6.45) is 1.50. The predicted molar refractivity (Wildman–Crippen MR) is 108 cm³/mol. The maximum absolute atomic E-state index is 12.8. The van der Waals surface area contributed by atoms with E-state index in [2.05, 4.69) is 5.16 Å². The van der Waals surface area contributed by atoms with E-state index >= 15 is 0 Å². The van der Waals surface area contributed by atoms with E-state index in [1.807, 2.05) is 60.7 Å². The number of aromatic carboxylic acids is 1. The topological polar surface area (TPSA) is 82.0 Å². The van der Waals surface area contributed by atoms with Gasteiger partial charge in [0.05, 0.1) is 24.4 Å². The Kier molecular flexibility index (Phi) is 6.73. The second-order valence-electron chi connectivity index (χ2n) is 6.19. The molecular formula is C23H19N2O4-. The van der Waals surface area contributed by atoms with Crippen LogP contribution < -0.4 is 10.0 Å². The van der Waals surface area contributed by atoms with Gasteiger partial charge in [-0.2, -0.15) is 0 Å². The van der Waals surface area contributed by atoms with E-state index in [1.54, 1.807) is 18.2 Å². The highest BCUT2D eigenvalue weighted by Crippen LogP contribution is 2.22. The molecule has 0 saturated carbocycles. The zero-order valence-electron chi connectivity index (χ0n) is 15.6. The molecule has 0 saturated heterocycles. The van der Waals surface area contributed by atoms with Crippen molar-refractivity contribution in [3.05, 3.63) is 102 Å². The summed E-state index contributed by atoms with van der Waals surface area (Å²) in [6, 6.07) is 24.8. The minimum Gasteiger partial charge on any atom is -0.545 e. The number of rotatable bonds is 8. The normalized spacial score (nSPS) is 10.6. The molecule has 29 heavy (non-hydrogen) atoms. The van der Waals surface area contributed by atoms with Gasteiger partial charge in [-0.1, -0.05) is 84.0 Å². The third-order valence-electron chi connectivity index (χ3n) is 4.16. The second kappa shape index (κ2) is 9.85. The van der Waals surface area contributed by atoms with Crippen LogP contribution in [0.1, 0.15) is 21.5 Å². The Bertz CT molecular complexity index is 988. The lowest BCUT2D eigenvalue weighted by molar-refractivity contribution is -0.254. The maximum atomic E-state index is 12.8. The first-order valence-corrected chi connectivity index (χ1v) is 9.00. The quantitative estimate of drug-likeness (QED) is 0.439. The Balaban J connectivity index is 1.78. The number of para-hydroxylation sites is 1. The van der Waals surface area contributed by atoms with Crippen LogP contribution >= 0.6 is 0 Å². The molecule has 6 nitrogen and oxygen atoms in total. The summed E-state index contributed by atoms with van der Waals surface area (Å²) >= 11 is 0. The molecule has 0 bridgehead atoms. The molecule has 0 N–H and O–H groups in total. The van der Waals surface area contributed by atoms with Gasteiger partial charge >= 0.3 is 0 Å². The minimum absolute atomic E-state index is 0.0652. The Morgan fingerprint density at radius 3 is 2.21 bits per heavy atom. The van der Waals surface area contributed by atoms with Crippen LogP contribution in [0.5, 0.6) is 0 Å². The van der Waals surface area contributed by atoms with Crippen molar-refractivity contribution in [2.75, 3.05) is 11.5 Å². The van der Waals surface area contributed by atoms with Gasteiger partial charge in [-0.25, -0.2) is 0 Å². The van der Waals surface area contributed by atoms with Crippen LogP contribution in [-0.2, 0) is 16.2 Å². The third-order valence-corrected chi connectivity index (χ3v) is 4.16. The summed E-state index contributed by atoms with van der Waals surface area (Å²) in [4.78, 5) is 30.9. The number of nitrogens with zero attached hydrogens (tertiary/aromatic N) is 2. The Morgan fingerprint density at radius 1 is 0.897 bits per heavy atom. The van der Waals surface area contributed by atoms with Gasteiger partial charge in [-0.05, 0) is 17.2 Å². The van der Waals surface area contributed by atoms with Crippen molar-refractivity contribution in [1.29, 1.82) is 0 Å². The van der Waals surface area contributed by atoms with Crippen LogP contribution in [0.3, 0.4) is 0 Å². The zero-order chi connectivity index (χ0) is 20.5. The molecule has 1 amide bonds. The highest BCUT2D eigenvalue weighted by atomic mass is 16.6. The molecule has 0 heterocycles. The molecule has 0 spiro atoms. The monoisotopic (exact) mass is 387 g/mol.